The van der Waals surface area contributed by atoms with Gasteiger partial charge < -0.3 is 5.11 Å². The third-order valence-electron chi connectivity index (χ3n) is 3.59. The number of halogens is 3. The molecule has 2 atom stereocenters. The largest absolute Gasteiger partial charge is 0.481 e. The van der Waals surface area contributed by atoms with Crippen LogP contribution in [0.2, 0.25) is 0 Å². The lowest BCUT2D eigenvalue weighted by molar-refractivity contribution is -0.171. The zero-order chi connectivity index (χ0) is 16.3. The molecule has 0 radical (unpaired) electrons. The van der Waals surface area contributed by atoms with Crippen molar-refractivity contribution in [2.45, 2.75) is 37.9 Å². The highest BCUT2D eigenvalue weighted by Crippen LogP contribution is 2.32. The second kappa shape index (κ2) is 6.29. The summed E-state index contributed by atoms with van der Waals surface area (Å²) < 4.78 is 38.5. The Bertz CT molecular complexity index is 550. The summed E-state index contributed by atoms with van der Waals surface area (Å²) in [5, 5.41) is 9.05. The zero-order valence-electron chi connectivity index (χ0n) is 11.5. The molecule has 1 N–H and O–H groups in total. The van der Waals surface area contributed by atoms with Gasteiger partial charge in [0, 0.05) is 18.4 Å². The predicted octanol–water partition coefficient (Wildman–Crippen LogP) is 2.02. The lowest BCUT2D eigenvalue weighted by Gasteiger charge is -2.35. The van der Waals surface area contributed by atoms with E-state index in [1.54, 1.807) is 0 Å². The average Bonchev–Trinajstić information content (AvgIpc) is 2.48. The van der Waals surface area contributed by atoms with Gasteiger partial charge in [-0.2, -0.15) is 13.2 Å². The van der Waals surface area contributed by atoms with Gasteiger partial charge in [0.25, 0.3) is 0 Å². The summed E-state index contributed by atoms with van der Waals surface area (Å²) in [6, 6.07) is 0.534. The van der Waals surface area contributed by atoms with E-state index in [-0.39, 0.29) is 18.8 Å². The van der Waals surface area contributed by atoms with E-state index in [2.05, 4.69) is 9.97 Å². The Balaban J connectivity index is 2.32. The van der Waals surface area contributed by atoms with Crippen molar-refractivity contribution in [3.63, 3.8) is 0 Å². The van der Waals surface area contributed by atoms with E-state index in [1.807, 2.05) is 0 Å². The van der Waals surface area contributed by atoms with Crippen LogP contribution in [0.5, 0.6) is 0 Å². The molecule has 1 amide bonds. The maximum atomic E-state index is 12.8. The van der Waals surface area contributed by atoms with Crippen LogP contribution < -0.4 is 4.90 Å². The van der Waals surface area contributed by atoms with Crippen LogP contribution in [0.3, 0.4) is 0 Å². The quantitative estimate of drug-likeness (QED) is 0.922. The Labute approximate surface area is 124 Å². The standard InChI is InChI=1S/C13H14F3N3O3/c14-13(15,16)11(22)19(12-17-5-2-6-18-12)9-4-1-3-8(7-9)10(20)21/h2,5-6,8-9H,1,3-4,7H2,(H,20,21)/t8-,9+/m1/s1. The van der Waals surface area contributed by atoms with Crippen LogP contribution >= 0.6 is 0 Å². The van der Waals surface area contributed by atoms with E-state index in [9.17, 15) is 22.8 Å². The molecule has 0 spiro atoms. The van der Waals surface area contributed by atoms with Gasteiger partial charge in [-0.3, -0.25) is 14.5 Å². The molecule has 1 aromatic heterocycles. The smallest absolute Gasteiger partial charge is 0.471 e. The molecule has 0 aliphatic heterocycles. The molecule has 0 saturated heterocycles. The number of aromatic nitrogens is 2. The van der Waals surface area contributed by atoms with Gasteiger partial charge in [-0.1, -0.05) is 6.42 Å². The van der Waals surface area contributed by atoms with Crippen LogP contribution in [-0.2, 0) is 9.59 Å². The molecule has 0 bridgehead atoms. The SMILES string of the molecule is O=C(O)[C@@H]1CCC[C@H](N(C(=O)C(F)(F)F)c2ncccn2)C1. The first-order valence-corrected chi connectivity index (χ1v) is 6.71. The summed E-state index contributed by atoms with van der Waals surface area (Å²) in [6.45, 7) is 0. The number of carbonyl (C=O) groups excluding carboxylic acids is 1. The number of anilines is 1. The number of alkyl halides is 3. The minimum atomic E-state index is -5.07. The Morgan fingerprint density at radius 2 is 1.86 bits per heavy atom. The molecular formula is C13H14F3N3O3. The molecule has 9 heteroatoms. The molecule has 2 rings (SSSR count). The van der Waals surface area contributed by atoms with Gasteiger partial charge in [-0.15, -0.1) is 0 Å². The Morgan fingerprint density at radius 3 is 2.41 bits per heavy atom. The number of rotatable bonds is 3. The number of hydrogen-bond acceptors (Lipinski definition) is 4. The molecule has 0 aromatic carbocycles. The molecule has 22 heavy (non-hydrogen) atoms. The van der Waals surface area contributed by atoms with Crippen molar-refractivity contribution in [2.24, 2.45) is 5.92 Å². The van der Waals surface area contributed by atoms with E-state index in [1.165, 1.54) is 18.5 Å². The highest BCUT2D eigenvalue weighted by molar-refractivity contribution is 5.96. The highest BCUT2D eigenvalue weighted by atomic mass is 19.4. The second-order valence-electron chi connectivity index (χ2n) is 5.08. The predicted molar refractivity (Wildman–Crippen MR) is 69.0 cm³/mol. The van der Waals surface area contributed by atoms with Gasteiger partial charge in [-0.05, 0) is 25.3 Å². The molecule has 1 heterocycles. The average molecular weight is 317 g/mol. The van der Waals surface area contributed by atoms with Gasteiger partial charge in [0.1, 0.15) is 0 Å². The summed E-state index contributed by atoms with van der Waals surface area (Å²) in [7, 11) is 0. The fraction of sp³-hybridized carbons (Fsp3) is 0.538. The number of aliphatic carboxylic acids is 1. The first kappa shape index (κ1) is 16.2. The lowest BCUT2D eigenvalue weighted by atomic mass is 9.85. The van der Waals surface area contributed by atoms with Crippen molar-refractivity contribution >= 4 is 17.8 Å². The van der Waals surface area contributed by atoms with Crippen molar-refractivity contribution < 1.29 is 27.9 Å². The number of carboxylic acids is 1. The monoisotopic (exact) mass is 317 g/mol. The molecule has 6 nitrogen and oxygen atoms in total. The van der Waals surface area contributed by atoms with E-state index < -0.39 is 30.0 Å². The van der Waals surface area contributed by atoms with Gasteiger partial charge in [0.05, 0.1) is 5.92 Å². The normalized spacial score (nSPS) is 22.1. The number of carbonyl (C=O) groups is 2. The van der Waals surface area contributed by atoms with Gasteiger partial charge in [0.2, 0.25) is 5.95 Å². The number of nitrogens with zero attached hydrogens (tertiary/aromatic N) is 3. The first-order chi connectivity index (χ1) is 10.3. The molecule has 1 aliphatic carbocycles. The third kappa shape index (κ3) is 3.52. The van der Waals surface area contributed by atoms with Crippen LogP contribution in [0, 0.1) is 5.92 Å². The van der Waals surface area contributed by atoms with Crippen molar-refractivity contribution in [1.82, 2.24) is 9.97 Å². The second-order valence-corrected chi connectivity index (χ2v) is 5.08. The Morgan fingerprint density at radius 1 is 1.23 bits per heavy atom. The molecule has 1 saturated carbocycles. The van der Waals surface area contributed by atoms with Gasteiger partial charge >= 0.3 is 18.1 Å². The fourth-order valence-corrected chi connectivity index (χ4v) is 2.59. The van der Waals surface area contributed by atoms with Crippen molar-refractivity contribution in [3.05, 3.63) is 18.5 Å². The number of amides is 1. The minimum absolute atomic E-state index is 0.0462. The molecule has 120 valence electrons. The van der Waals surface area contributed by atoms with Crippen LogP contribution in [-0.4, -0.2) is 39.2 Å². The molecule has 1 fully saturated rings. The van der Waals surface area contributed by atoms with Crippen LogP contribution in [0.1, 0.15) is 25.7 Å². The summed E-state index contributed by atoms with van der Waals surface area (Å²) in [6.07, 6.45) is -1.56. The summed E-state index contributed by atoms with van der Waals surface area (Å²) in [4.78, 5) is 30.7. The molecule has 1 aliphatic rings. The number of carboxylic acid groups (broad SMARTS) is 1. The highest BCUT2D eigenvalue weighted by Gasteiger charge is 2.47. The topological polar surface area (TPSA) is 83.4 Å². The zero-order valence-corrected chi connectivity index (χ0v) is 11.5. The van der Waals surface area contributed by atoms with E-state index in [0.717, 1.165) is 0 Å². The van der Waals surface area contributed by atoms with E-state index in [0.29, 0.717) is 17.7 Å². The van der Waals surface area contributed by atoms with Crippen molar-refractivity contribution in [2.75, 3.05) is 4.90 Å². The third-order valence-corrected chi connectivity index (χ3v) is 3.59. The van der Waals surface area contributed by atoms with Gasteiger partial charge in [0.15, 0.2) is 0 Å². The van der Waals surface area contributed by atoms with E-state index >= 15 is 0 Å². The summed E-state index contributed by atoms with van der Waals surface area (Å²) in [5.41, 5.74) is 0. The fourth-order valence-electron chi connectivity index (χ4n) is 2.59. The van der Waals surface area contributed by atoms with Crippen molar-refractivity contribution in [1.29, 1.82) is 0 Å². The van der Waals surface area contributed by atoms with Crippen molar-refractivity contribution in [3.8, 4) is 0 Å². The van der Waals surface area contributed by atoms with Crippen LogP contribution in [0.25, 0.3) is 0 Å². The maximum Gasteiger partial charge on any atom is 0.471 e. The first-order valence-electron chi connectivity index (χ1n) is 6.71. The number of hydrogen-bond donors (Lipinski definition) is 1. The van der Waals surface area contributed by atoms with E-state index in [4.69, 9.17) is 5.11 Å². The molecule has 0 unspecified atom stereocenters. The molecular weight excluding hydrogens is 303 g/mol. The maximum absolute atomic E-state index is 12.8. The Hall–Kier alpha value is -2.19. The van der Waals surface area contributed by atoms with Crippen LogP contribution in [0.4, 0.5) is 19.1 Å². The summed E-state index contributed by atoms with van der Waals surface area (Å²) >= 11 is 0. The lowest BCUT2D eigenvalue weighted by Crippen LogP contribution is -2.50. The Kier molecular flexibility index (Phi) is 4.62. The minimum Gasteiger partial charge on any atom is -0.481 e. The van der Waals surface area contributed by atoms with Gasteiger partial charge in [-0.25, -0.2) is 9.97 Å². The van der Waals surface area contributed by atoms with Crippen LogP contribution in [0.15, 0.2) is 18.5 Å². The summed E-state index contributed by atoms with van der Waals surface area (Å²) in [5.74, 6) is -4.28. The molecule has 1 aromatic rings.